The number of pyridine rings is 1. The van der Waals surface area contributed by atoms with Crippen molar-refractivity contribution in [3.8, 4) is 0 Å². The molecule has 1 N–H and O–H groups in total. The maximum atomic E-state index is 9.62. The van der Waals surface area contributed by atoms with Gasteiger partial charge in [0.25, 0.3) is 0 Å². The summed E-state index contributed by atoms with van der Waals surface area (Å²) < 4.78 is 0. The first-order valence-electron chi connectivity index (χ1n) is 6.53. The molecule has 0 radical (unpaired) electrons. The van der Waals surface area contributed by atoms with Gasteiger partial charge in [-0.15, -0.1) is 0 Å². The second-order valence-electron chi connectivity index (χ2n) is 5.64. The Morgan fingerprint density at radius 2 is 2.22 bits per heavy atom. The molecule has 1 aliphatic rings. The molecule has 98 valence electrons. The van der Waals surface area contributed by atoms with Gasteiger partial charge in [0.05, 0.1) is 11.3 Å². The lowest BCUT2D eigenvalue weighted by Crippen LogP contribution is -2.17. The summed E-state index contributed by atoms with van der Waals surface area (Å²) in [6.45, 7) is 4.68. The maximum Gasteiger partial charge on any atom is 0.0775 e. The van der Waals surface area contributed by atoms with Crippen molar-refractivity contribution in [1.29, 1.82) is 0 Å². The van der Waals surface area contributed by atoms with Crippen molar-refractivity contribution < 1.29 is 5.11 Å². The van der Waals surface area contributed by atoms with Crippen molar-refractivity contribution in [3.63, 3.8) is 0 Å². The van der Waals surface area contributed by atoms with E-state index < -0.39 is 5.60 Å². The zero-order chi connectivity index (χ0) is 13.2. The minimum absolute atomic E-state index is 0.518. The number of hydrogen-bond donors (Lipinski definition) is 1. The summed E-state index contributed by atoms with van der Waals surface area (Å²) in [5, 5.41) is 9.62. The largest absolute Gasteiger partial charge is 0.386 e. The smallest absolute Gasteiger partial charge is 0.0775 e. The van der Waals surface area contributed by atoms with Gasteiger partial charge in [-0.3, -0.25) is 9.88 Å². The summed E-state index contributed by atoms with van der Waals surface area (Å²) in [6.07, 6.45) is 8.06. The van der Waals surface area contributed by atoms with Crippen LogP contribution in [0.5, 0.6) is 0 Å². The maximum absolute atomic E-state index is 9.62. The highest BCUT2D eigenvalue weighted by Gasteiger charge is 2.22. The third-order valence-electron chi connectivity index (χ3n) is 3.38. The summed E-state index contributed by atoms with van der Waals surface area (Å²) in [6, 6.07) is 4.68. The topological polar surface area (TPSA) is 36.4 Å². The van der Waals surface area contributed by atoms with Crippen LogP contribution in [0.25, 0.3) is 6.08 Å². The molecule has 18 heavy (non-hydrogen) atoms. The average molecular weight is 246 g/mol. The second kappa shape index (κ2) is 5.21. The van der Waals surface area contributed by atoms with Crippen LogP contribution in [-0.4, -0.2) is 34.2 Å². The van der Waals surface area contributed by atoms with Crippen LogP contribution in [0.1, 0.15) is 44.0 Å². The predicted octanol–water partition coefficient (Wildman–Crippen LogP) is 2.63. The first-order chi connectivity index (χ1) is 8.46. The highest BCUT2D eigenvalue weighted by molar-refractivity contribution is 5.46. The average Bonchev–Trinajstić information content (AvgIpc) is 2.73. The molecule has 0 bridgehead atoms. The van der Waals surface area contributed by atoms with E-state index in [1.807, 2.05) is 18.3 Å². The Labute approximate surface area is 109 Å². The van der Waals surface area contributed by atoms with Crippen LogP contribution < -0.4 is 0 Å². The van der Waals surface area contributed by atoms with Gasteiger partial charge in [-0.05, 0) is 58.0 Å². The molecule has 3 nitrogen and oxygen atoms in total. The van der Waals surface area contributed by atoms with E-state index in [9.17, 15) is 5.11 Å². The Kier molecular flexibility index (Phi) is 3.83. The summed E-state index contributed by atoms with van der Waals surface area (Å²) in [5.41, 5.74) is 1.39. The molecule has 1 aromatic heterocycles. The number of likely N-dealkylation sites (tertiary alicyclic amines) is 1. The van der Waals surface area contributed by atoms with Gasteiger partial charge in [0.15, 0.2) is 0 Å². The molecule has 2 rings (SSSR count). The van der Waals surface area contributed by atoms with E-state index in [-0.39, 0.29) is 0 Å². The van der Waals surface area contributed by atoms with Crippen molar-refractivity contribution in [3.05, 3.63) is 35.7 Å². The van der Waals surface area contributed by atoms with E-state index >= 15 is 0 Å². The van der Waals surface area contributed by atoms with Crippen LogP contribution >= 0.6 is 0 Å². The molecule has 0 aromatic carbocycles. The molecular formula is C15H22N2O. The molecule has 1 fully saturated rings. The van der Waals surface area contributed by atoms with Crippen LogP contribution in [0.3, 0.4) is 0 Å². The number of aromatic nitrogens is 1. The fourth-order valence-electron chi connectivity index (χ4n) is 2.33. The van der Waals surface area contributed by atoms with Crippen LogP contribution in [0.2, 0.25) is 0 Å². The molecule has 1 unspecified atom stereocenters. The summed E-state index contributed by atoms with van der Waals surface area (Å²) in [5.74, 6) is 0. The number of rotatable bonds is 3. The Hall–Kier alpha value is -1.19. The number of hydrogen-bond acceptors (Lipinski definition) is 3. The van der Waals surface area contributed by atoms with E-state index in [0.717, 1.165) is 5.69 Å². The van der Waals surface area contributed by atoms with Crippen molar-refractivity contribution in [2.24, 2.45) is 0 Å². The van der Waals surface area contributed by atoms with E-state index in [0.29, 0.717) is 6.04 Å². The predicted molar refractivity (Wildman–Crippen MR) is 74.2 cm³/mol. The van der Waals surface area contributed by atoms with Crippen LogP contribution in [0, 0.1) is 0 Å². The quantitative estimate of drug-likeness (QED) is 0.890. The number of nitrogens with zero attached hydrogens (tertiary/aromatic N) is 2. The Morgan fingerprint density at radius 1 is 1.44 bits per heavy atom. The Balaban J connectivity index is 2.08. The Bertz CT molecular complexity index is 417. The zero-order valence-corrected chi connectivity index (χ0v) is 11.4. The monoisotopic (exact) mass is 246 g/mol. The first kappa shape index (κ1) is 13.2. The van der Waals surface area contributed by atoms with Gasteiger partial charge in [0.2, 0.25) is 0 Å². The molecule has 0 saturated carbocycles. The second-order valence-corrected chi connectivity index (χ2v) is 5.64. The number of aliphatic hydroxyl groups is 1. The summed E-state index contributed by atoms with van der Waals surface area (Å²) in [7, 11) is 2.17. The van der Waals surface area contributed by atoms with Crippen LogP contribution in [0.15, 0.2) is 24.4 Å². The Morgan fingerprint density at radius 3 is 2.72 bits per heavy atom. The normalized spacial score (nSPS) is 21.9. The van der Waals surface area contributed by atoms with Gasteiger partial charge < -0.3 is 5.11 Å². The molecule has 1 aliphatic heterocycles. The van der Waals surface area contributed by atoms with Gasteiger partial charge in [0.1, 0.15) is 0 Å². The van der Waals surface area contributed by atoms with Gasteiger partial charge >= 0.3 is 0 Å². The lowest BCUT2D eigenvalue weighted by molar-refractivity contribution is 0.134. The van der Waals surface area contributed by atoms with Crippen molar-refractivity contribution in [2.45, 2.75) is 38.3 Å². The van der Waals surface area contributed by atoms with Crippen molar-refractivity contribution >= 4 is 6.08 Å². The fraction of sp³-hybridized carbons (Fsp3) is 0.533. The van der Waals surface area contributed by atoms with Gasteiger partial charge in [0, 0.05) is 12.2 Å². The molecule has 1 aromatic rings. The molecule has 0 amide bonds. The molecule has 3 heteroatoms. The van der Waals surface area contributed by atoms with Crippen LogP contribution in [-0.2, 0) is 0 Å². The standard InChI is InChI=1S/C15H22N2O/c1-15(2,18)9-8-13-7-6-12(11-16-13)14-5-4-10-17(14)3/h6-9,11,14,18H,4-5,10H2,1-3H3/b9-8-. The minimum atomic E-state index is -0.786. The third-order valence-corrected chi connectivity index (χ3v) is 3.38. The van der Waals surface area contributed by atoms with Gasteiger partial charge in [-0.2, -0.15) is 0 Å². The molecule has 0 aliphatic carbocycles. The lowest BCUT2D eigenvalue weighted by atomic mass is 10.1. The fourth-order valence-corrected chi connectivity index (χ4v) is 2.33. The molecule has 2 heterocycles. The first-order valence-corrected chi connectivity index (χ1v) is 6.53. The summed E-state index contributed by atoms with van der Waals surface area (Å²) in [4.78, 5) is 6.81. The molecular weight excluding hydrogens is 224 g/mol. The molecule has 0 spiro atoms. The highest BCUT2D eigenvalue weighted by atomic mass is 16.3. The highest BCUT2D eigenvalue weighted by Crippen LogP contribution is 2.29. The van der Waals surface area contributed by atoms with Gasteiger partial charge in [-0.25, -0.2) is 0 Å². The molecule has 1 saturated heterocycles. The van der Waals surface area contributed by atoms with E-state index in [1.165, 1.54) is 24.9 Å². The van der Waals surface area contributed by atoms with E-state index in [1.54, 1.807) is 19.9 Å². The third kappa shape index (κ3) is 3.40. The SMILES string of the molecule is CN1CCCC1c1ccc(/C=C\C(C)(C)O)nc1. The van der Waals surface area contributed by atoms with E-state index in [4.69, 9.17) is 0 Å². The minimum Gasteiger partial charge on any atom is -0.386 e. The zero-order valence-electron chi connectivity index (χ0n) is 11.4. The van der Waals surface area contributed by atoms with Crippen molar-refractivity contribution in [2.75, 3.05) is 13.6 Å². The van der Waals surface area contributed by atoms with Gasteiger partial charge in [-0.1, -0.05) is 12.1 Å². The summed E-state index contributed by atoms with van der Waals surface area (Å²) >= 11 is 0. The van der Waals surface area contributed by atoms with E-state index in [2.05, 4.69) is 23.0 Å². The molecule has 1 atom stereocenters. The lowest BCUT2D eigenvalue weighted by Gasteiger charge is -2.19. The van der Waals surface area contributed by atoms with Crippen molar-refractivity contribution in [1.82, 2.24) is 9.88 Å². The van der Waals surface area contributed by atoms with Crippen LogP contribution in [0.4, 0.5) is 0 Å².